The van der Waals surface area contributed by atoms with Crippen molar-refractivity contribution in [1.82, 2.24) is 9.78 Å². The number of carbonyl (C=O) groups excluding carboxylic acids is 3. The van der Waals surface area contributed by atoms with E-state index < -0.39 is 18.0 Å². The summed E-state index contributed by atoms with van der Waals surface area (Å²) in [5.74, 6) is -1.33. The number of carbonyl (C=O) groups is 3. The Bertz CT molecular complexity index is 1300. The molecule has 4 aromatic rings. The van der Waals surface area contributed by atoms with Gasteiger partial charge in [0, 0.05) is 24.4 Å². The highest BCUT2D eigenvalue weighted by Crippen LogP contribution is 2.26. The molecule has 4 rings (SSSR count). The Morgan fingerprint density at radius 3 is 2.24 bits per heavy atom. The fourth-order valence-corrected chi connectivity index (χ4v) is 3.88. The molecule has 2 aromatic heterocycles. The highest BCUT2D eigenvalue weighted by Gasteiger charge is 2.24. The lowest BCUT2D eigenvalue weighted by Crippen LogP contribution is -2.30. The molecular weight excluding hydrogens is 452 g/mol. The van der Waals surface area contributed by atoms with E-state index >= 15 is 0 Å². The van der Waals surface area contributed by atoms with Crippen molar-refractivity contribution in [2.75, 3.05) is 10.6 Å². The fourth-order valence-electron chi connectivity index (χ4n) is 3.20. The molecule has 2 heterocycles. The summed E-state index contributed by atoms with van der Waals surface area (Å²) in [6, 6.07) is 21.4. The molecule has 0 aliphatic carbocycles. The number of para-hydroxylation sites is 1. The van der Waals surface area contributed by atoms with Crippen LogP contribution < -0.4 is 10.6 Å². The van der Waals surface area contributed by atoms with Crippen LogP contribution in [0, 0.1) is 0 Å². The molecule has 0 bridgehead atoms. The van der Waals surface area contributed by atoms with Gasteiger partial charge in [-0.2, -0.15) is 5.10 Å². The van der Waals surface area contributed by atoms with Crippen molar-refractivity contribution in [2.24, 2.45) is 0 Å². The average molecular weight is 475 g/mol. The van der Waals surface area contributed by atoms with Crippen LogP contribution in [0.1, 0.15) is 24.3 Å². The van der Waals surface area contributed by atoms with Crippen molar-refractivity contribution >= 4 is 40.5 Å². The zero-order valence-corrected chi connectivity index (χ0v) is 19.3. The minimum Gasteiger partial charge on any atom is -0.448 e. The second kappa shape index (κ2) is 10.1. The van der Waals surface area contributed by atoms with Gasteiger partial charge in [0.2, 0.25) is 5.91 Å². The summed E-state index contributed by atoms with van der Waals surface area (Å²) in [5.41, 5.74) is 2.68. The maximum Gasteiger partial charge on any atom is 0.357 e. The Kier molecular flexibility index (Phi) is 6.84. The molecule has 0 aliphatic rings. The Balaban J connectivity index is 1.49. The molecule has 0 fully saturated rings. The Hall–Kier alpha value is -4.24. The standard InChI is InChI=1S/C25H22N4O4S/c1-16(24(31)27-19-12-10-18(11-13-19)26-17(2)30)33-25(32)22-15-21(23-9-6-14-34-23)28-29(22)20-7-4-3-5-8-20/h3-16H,1-2H3,(H,26,30)(H,27,31). The number of thiophene rings is 1. The lowest BCUT2D eigenvalue weighted by Gasteiger charge is -2.14. The SMILES string of the molecule is CC(=O)Nc1ccc(NC(=O)C(C)OC(=O)c2cc(-c3cccs3)nn2-c2ccccc2)cc1. The molecule has 1 atom stereocenters. The third-order valence-electron chi connectivity index (χ3n) is 4.82. The number of nitrogens with zero attached hydrogens (tertiary/aromatic N) is 2. The van der Waals surface area contributed by atoms with Gasteiger partial charge in [-0.1, -0.05) is 24.3 Å². The van der Waals surface area contributed by atoms with Gasteiger partial charge >= 0.3 is 5.97 Å². The van der Waals surface area contributed by atoms with E-state index in [0.29, 0.717) is 22.8 Å². The summed E-state index contributed by atoms with van der Waals surface area (Å²) in [6.45, 7) is 2.92. The van der Waals surface area contributed by atoms with Gasteiger partial charge in [-0.3, -0.25) is 9.59 Å². The molecule has 0 aliphatic heterocycles. The monoisotopic (exact) mass is 474 g/mol. The predicted molar refractivity (Wildman–Crippen MR) is 131 cm³/mol. The van der Waals surface area contributed by atoms with Gasteiger partial charge < -0.3 is 15.4 Å². The van der Waals surface area contributed by atoms with Gasteiger partial charge in [0.1, 0.15) is 5.69 Å². The van der Waals surface area contributed by atoms with E-state index in [1.165, 1.54) is 29.9 Å². The van der Waals surface area contributed by atoms with Gasteiger partial charge in [-0.15, -0.1) is 11.3 Å². The first-order valence-corrected chi connectivity index (χ1v) is 11.4. The number of amides is 2. The van der Waals surface area contributed by atoms with Crippen LogP contribution in [-0.4, -0.2) is 33.7 Å². The van der Waals surface area contributed by atoms with Crippen molar-refractivity contribution in [3.63, 3.8) is 0 Å². The topological polar surface area (TPSA) is 102 Å². The minimum atomic E-state index is -1.05. The van der Waals surface area contributed by atoms with Crippen molar-refractivity contribution in [3.8, 4) is 16.3 Å². The molecule has 0 spiro atoms. The summed E-state index contributed by atoms with van der Waals surface area (Å²) in [5, 5.41) is 11.9. The van der Waals surface area contributed by atoms with Gasteiger partial charge in [-0.25, -0.2) is 9.48 Å². The van der Waals surface area contributed by atoms with Crippen LogP contribution in [0.5, 0.6) is 0 Å². The lowest BCUT2D eigenvalue weighted by molar-refractivity contribution is -0.123. The second-order valence-corrected chi connectivity index (χ2v) is 8.38. The number of nitrogens with one attached hydrogen (secondary N) is 2. The number of ether oxygens (including phenoxy) is 1. The van der Waals surface area contributed by atoms with E-state index in [0.717, 1.165) is 4.88 Å². The van der Waals surface area contributed by atoms with Gasteiger partial charge in [0.05, 0.1) is 10.6 Å². The van der Waals surface area contributed by atoms with Crippen LogP contribution in [0.3, 0.4) is 0 Å². The molecule has 0 saturated heterocycles. The van der Waals surface area contributed by atoms with E-state index in [9.17, 15) is 14.4 Å². The summed E-state index contributed by atoms with van der Waals surface area (Å²) in [6.07, 6.45) is -1.05. The van der Waals surface area contributed by atoms with Crippen LogP contribution in [-0.2, 0) is 14.3 Å². The average Bonchev–Trinajstić information content (AvgIpc) is 3.51. The van der Waals surface area contributed by atoms with E-state index in [2.05, 4.69) is 15.7 Å². The second-order valence-electron chi connectivity index (χ2n) is 7.43. The van der Waals surface area contributed by atoms with Gasteiger partial charge in [0.15, 0.2) is 11.8 Å². The highest BCUT2D eigenvalue weighted by molar-refractivity contribution is 7.13. The highest BCUT2D eigenvalue weighted by atomic mass is 32.1. The molecule has 34 heavy (non-hydrogen) atoms. The fraction of sp³-hybridized carbons (Fsp3) is 0.120. The number of benzene rings is 2. The van der Waals surface area contributed by atoms with Crippen molar-refractivity contribution < 1.29 is 19.1 Å². The van der Waals surface area contributed by atoms with Crippen LogP contribution >= 0.6 is 11.3 Å². The van der Waals surface area contributed by atoms with E-state index in [1.54, 1.807) is 30.3 Å². The van der Waals surface area contributed by atoms with Crippen LogP contribution in [0.4, 0.5) is 11.4 Å². The summed E-state index contributed by atoms with van der Waals surface area (Å²) in [4.78, 5) is 37.7. The third-order valence-corrected chi connectivity index (χ3v) is 5.71. The molecule has 1 unspecified atom stereocenters. The molecule has 2 N–H and O–H groups in total. The number of rotatable bonds is 7. The molecule has 9 heteroatoms. The first-order chi connectivity index (χ1) is 16.4. The Labute approximate surface area is 200 Å². The maximum absolute atomic E-state index is 13.0. The molecule has 8 nitrogen and oxygen atoms in total. The number of aromatic nitrogens is 2. The van der Waals surface area contributed by atoms with Crippen molar-refractivity contribution in [3.05, 3.63) is 83.9 Å². The molecule has 0 saturated carbocycles. The molecule has 172 valence electrons. The smallest absolute Gasteiger partial charge is 0.357 e. The van der Waals surface area contributed by atoms with Crippen molar-refractivity contribution in [1.29, 1.82) is 0 Å². The quantitative estimate of drug-likeness (QED) is 0.377. The lowest BCUT2D eigenvalue weighted by atomic mass is 10.2. The zero-order chi connectivity index (χ0) is 24.1. The van der Waals surface area contributed by atoms with Crippen LogP contribution in [0.2, 0.25) is 0 Å². The molecule has 0 radical (unpaired) electrons. The minimum absolute atomic E-state index is 0.186. The van der Waals surface area contributed by atoms with Crippen LogP contribution in [0.15, 0.2) is 78.2 Å². The van der Waals surface area contributed by atoms with Crippen molar-refractivity contribution in [2.45, 2.75) is 20.0 Å². The zero-order valence-electron chi connectivity index (χ0n) is 18.5. The number of hydrogen-bond donors (Lipinski definition) is 2. The largest absolute Gasteiger partial charge is 0.448 e. The normalized spacial score (nSPS) is 11.5. The summed E-state index contributed by atoms with van der Waals surface area (Å²) in [7, 11) is 0. The van der Waals surface area contributed by atoms with Gasteiger partial charge in [0.25, 0.3) is 5.91 Å². The van der Waals surface area contributed by atoms with E-state index in [-0.39, 0.29) is 11.6 Å². The Morgan fingerprint density at radius 1 is 0.941 bits per heavy atom. The summed E-state index contributed by atoms with van der Waals surface area (Å²) >= 11 is 1.51. The predicted octanol–water partition coefficient (Wildman–Crippen LogP) is 4.74. The van der Waals surface area contributed by atoms with Crippen LogP contribution in [0.25, 0.3) is 16.3 Å². The number of esters is 1. The first kappa shape index (κ1) is 22.9. The first-order valence-electron chi connectivity index (χ1n) is 10.5. The van der Waals surface area contributed by atoms with E-state index in [1.807, 2.05) is 47.8 Å². The molecule has 2 aromatic carbocycles. The van der Waals surface area contributed by atoms with Gasteiger partial charge in [-0.05, 0) is 54.8 Å². The third kappa shape index (κ3) is 5.38. The summed E-state index contributed by atoms with van der Waals surface area (Å²) < 4.78 is 6.99. The molecule has 2 amide bonds. The number of anilines is 2. The maximum atomic E-state index is 13.0. The number of hydrogen-bond acceptors (Lipinski definition) is 6. The van der Waals surface area contributed by atoms with E-state index in [4.69, 9.17) is 4.74 Å². The molecular formula is C25H22N4O4S. The Morgan fingerprint density at radius 2 is 1.62 bits per heavy atom.